The fourth-order valence-electron chi connectivity index (χ4n) is 4.96. The third-order valence-corrected chi connectivity index (χ3v) is 6.95. The second-order valence-electron chi connectivity index (χ2n) is 7.70. The van der Waals surface area contributed by atoms with Gasteiger partial charge in [-0.05, 0) is 37.5 Å². The molecule has 5 nitrogen and oxygen atoms in total. The van der Waals surface area contributed by atoms with Gasteiger partial charge in [-0.1, -0.05) is 26.7 Å². The summed E-state index contributed by atoms with van der Waals surface area (Å²) in [5, 5.41) is 13.9. The smallest absolute Gasteiger partial charge is 0.339 e. The van der Waals surface area contributed by atoms with E-state index in [2.05, 4.69) is 19.2 Å². The van der Waals surface area contributed by atoms with E-state index in [0.717, 1.165) is 19.3 Å². The van der Waals surface area contributed by atoms with E-state index in [4.69, 9.17) is 16.3 Å². The van der Waals surface area contributed by atoms with Crippen molar-refractivity contribution < 1.29 is 19.4 Å². The van der Waals surface area contributed by atoms with Gasteiger partial charge >= 0.3 is 5.97 Å². The van der Waals surface area contributed by atoms with Gasteiger partial charge in [0.15, 0.2) is 5.60 Å². The molecule has 0 spiro atoms. The molecule has 1 aliphatic carbocycles. The van der Waals surface area contributed by atoms with E-state index in [-0.39, 0.29) is 11.8 Å². The lowest BCUT2D eigenvalue weighted by atomic mass is 9.61. The Hall–Kier alpha value is -0.810. The normalized spacial score (nSPS) is 47.3. The number of hydrogen-bond donors (Lipinski definition) is 2. The van der Waals surface area contributed by atoms with Crippen molar-refractivity contribution in [1.82, 2.24) is 5.32 Å². The molecule has 2 saturated heterocycles. The van der Waals surface area contributed by atoms with Crippen molar-refractivity contribution in [3.63, 3.8) is 0 Å². The average molecular weight is 344 g/mol. The third kappa shape index (κ3) is 2.08. The third-order valence-electron chi connectivity index (χ3n) is 6.73. The van der Waals surface area contributed by atoms with Gasteiger partial charge in [0.25, 0.3) is 0 Å². The van der Waals surface area contributed by atoms with Crippen molar-refractivity contribution >= 4 is 23.5 Å². The minimum Gasteiger partial charge on any atom is -0.453 e. The molecule has 3 aliphatic rings. The maximum absolute atomic E-state index is 12.4. The van der Waals surface area contributed by atoms with Crippen molar-refractivity contribution in [2.45, 2.75) is 63.7 Å². The van der Waals surface area contributed by atoms with Gasteiger partial charge in [0, 0.05) is 5.88 Å². The second kappa shape index (κ2) is 5.62. The zero-order valence-corrected chi connectivity index (χ0v) is 14.7. The number of amides is 1. The van der Waals surface area contributed by atoms with Crippen molar-refractivity contribution in [3.8, 4) is 0 Å². The molecular formula is C17H26ClNO4. The van der Waals surface area contributed by atoms with Gasteiger partial charge < -0.3 is 15.2 Å². The summed E-state index contributed by atoms with van der Waals surface area (Å²) in [5.41, 5.74) is -2.31. The van der Waals surface area contributed by atoms with E-state index in [9.17, 15) is 14.7 Å². The Kier molecular flexibility index (Phi) is 4.16. The first-order valence-electron chi connectivity index (χ1n) is 8.59. The van der Waals surface area contributed by atoms with Crippen LogP contribution in [0.15, 0.2) is 0 Å². The summed E-state index contributed by atoms with van der Waals surface area (Å²) in [6.45, 7) is 6.06. The van der Waals surface area contributed by atoms with Crippen LogP contribution in [0.1, 0.15) is 46.5 Å². The van der Waals surface area contributed by atoms with Crippen LogP contribution in [0.25, 0.3) is 0 Å². The van der Waals surface area contributed by atoms with Gasteiger partial charge in [-0.25, -0.2) is 4.79 Å². The first-order chi connectivity index (χ1) is 10.8. The number of nitrogens with one attached hydrogen (secondary N) is 1. The molecule has 7 atom stereocenters. The topological polar surface area (TPSA) is 75.6 Å². The van der Waals surface area contributed by atoms with E-state index in [1.54, 1.807) is 6.92 Å². The number of aliphatic hydroxyl groups excluding tert-OH is 1. The minimum atomic E-state index is -1.31. The molecule has 2 N–H and O–H groups in total. The van der Waals surface area contributed by atoms with Crippen LogP contribution in [0.2, 0.25) is 0 Å². The Balaban J connectivity index is 1.93. The summed E-state index contributed by atoms with van der Waals surface area (Å²) >= 11 is 5.82. The predicted molar refractivity (Wildman–Crippen MR) is 85.9 cm³/mol. The standard InChI is InChI=1S/C17H26ClNO4/c1-9-5-4-6-11(10(9)2)13(20)17-15(22)23-16(17,3)12(7-8-18)14(21)19-17/h9-13,20H,4-8H2,1-3H3,(H,19,21)/t9-,10-,11-,12-,13-,16+,17?/m0/s1. The van der Waals surface area contributed by atoms with Crippen LogP contribution >= 0.6 is 11.6 Å². The molecule has 2 heterocycles. The van der Waals surface area contributed by atoms with E-state index in [0.29, 0.717) is 24.1 Å². The van der Waals surface area contributed by atoms with E-state index in [1.807, 2.05) is 0 Å². The number of hydrogen-bond acceptors (Lipinski definition) is 4. The van der Waals surface area contributed by atoms with Gasteiger partial charge in [-0.3, -0.25) is 4.79 Å². The maximum atomic E-state index is 12.4. The van der Waals surface area contributed by atoms with Crippen LogP contribution in [0.5, 0.6) is 0 Å². The molecule has 2 aliphatic heterocycles. The highest BCUT2D eigenvalue weighted by molar-refractivity contribution is 6.18. The summed E-state index contributed by atoms with van der Waals surface area (Å²) in [6.07, 6.45) is 2.56. The van der Waals surface area contributed by atoms with Crippen molar-refractivity contribution in [3.05, 3.63) is 0 Å². The SMILES string of the molecule is C[C@@H]1[C@@H]([C@H](O)C23NC(=O)[C@H](CCCl)[C@@]2(C)OC3=O)CCC[C@@H]1C. The van der Waals surface area contributed by atoms with Gasteiger partial charge in [0.1, 0.15) is 0 Å². The Labute approximate surface area is 142 Å². The van der Waals surface area contributed by atoms with Crippen molar-refractivity contribution in [1.29, 1.82) is 0 Å². The number of halogens is 1. The van der Waals surface area contributed by atoms with E-state index >= 15 is 0 Å². The molecule has 6 heteroatoms. The molecule has 0 radical (unpaired) electrons. The van der Waals surface area contributed by atoms with Gasteiger partial charge in [0.05, 0.1) is 12.0 Å². The van der Waals surface area contributed by atoms with E-state index < -0.39 is 29.1 Å². The Morgan fingerprint density at radius 1 is 1.39 bits per heavy atom. The monoisotopic (exact) mass is 343 g/mol. The zero-order chi connectivity index (χ0) is 17.0. The fraction of sp³-hybridized carbons (Fsp3) is 0.882. The lowest BCUT2D eigenvalue weighted by molar-refractivity contribution is -0.242. The van der Waals surface area contributed by atoms with Crippen molar-refractivity contribution in [2.75, 3.05) is 5.88 Å². The summed E-state index contributed by atoms with van der Waals surface area (Å²) in [6, 6.07) is 0. The molecule has 3 fully saturated rings. The zero-order valence-electron chi connectivity index (χ0n) is 14.0. The summed E-state index contributed by atoms with van der Waals surface area (Å²) < 4.78 is 5.42. The molecule has 0 bridgehead atoms. The highest BCUT2D eigenvalue weighted by Gasteiger charge is 2.79. The lowest BCUT2D eigenvalue weighted by Crippen LogP contribution is -2.80. The minimum absolute atomic E-state index is 0.0130. The van der Waals surface area contributed by atoms with Gasteiger partial charge in [-0.15, -0.1) is 11.6 Å². The van der Waals surface area contributed by atoms with Crippen molar-refractivity contribution in [2.24, 2.45) is 23.7 Å². The van der Waals surface area contributed by atoms with Gasteiger partial charge in [-0.2, -0.15) is 0 Å². The number of rotatable bonds is 4. The maximum Gasteiger partial charge on any atom is 0.339 e. The molecule has 0 aromatic heterocycles. The Bertz CT molecular complexity index is 527. The second-order valence-corrected chi connectivity index (χ2v) is 8.08. The van der Waals surface area contributed by atoms with Crippen LogP contribution in [0, 0.1) is 23.7 Å². The fourth-order valence-corrected chi connectivity index (χ4v) is 5.17. The lowest BCUT2D eigenvalue weighted by Gasteiger charge is -2.56. The number of carbonyl (C=O) groups is 2. The van der Waals surface area contributed by atoms with Crippen LogP contribution in [0.3, 0.4) is 0 Å². The van der Waals surface area contributed by atoms with Crippen LogP contribution < -0.4 is 5.32 Å². The highest BCUT2D eigenvalue weighted by atomic mass is 35.5. The summed E-state index contributed by atoms with van der Waals surface area (Å²) in [4.78, 5) is 24.8. The average Bonchev–Trinajstić information content (AvgIpc) is 2.67. The van der Waals surface area contributed by atoms with Gasteiger partial charge in [0.2, 0.25) is 11.4 Å². The first kappa shape index (κ1) is 17.0. The molecule has 3 rings (SSSR count). The molecular weight excluding hydrogens is 318 g/mol. The number of carbonyl (C=O) groups excluding carboxylic acids is 2. The molecule has 1 saturated carbocycles. The Morgan fingerprint density at radius 2 is 2.09 bits per heavy atom. The molecule has 1 unspecified atom stereocenters. The molecule has 130 valence electrons. The molecule has 0 aromatic rings. The number of alkyl halides is 1. The molecule has 0 aromatic carbocycles. The van der Waals surface area contributed by atoms with Crippen LogP contribution in [-0.4, -0.2) is 40.1 Å². The summed E-state index contributed by atoms with van der Waals surface area (Å²) in [7, 11) is 0. The first-order valence-corrected chi connectivity index (χ1v) is 9.12. The van der Waals surface area contributed by atoms with Crippen LogP contribution in [-0.2, 0) is 14.3 Å². The molecule has 23 heavy (non-hydrogen) atoms. The number of aliphatic hydroxyl groups is 1. The number of ether oxygens (including phenoxy) is 1. The van der Waals surface area contributed by atoms with Crippen LogP contribution in [0.4, 0.5) is 0 Å². The summed E-state index contributed by atoms with van der Waals surface area (Å²) in [5.74, 6) is -0.149. The largest absolute Gasteiger partial charge is 0.453 e. The number of esters is 1. The predicted octanol–water partition coefficient (Wildman–Crippen LogP) is 1.85. The number of fused-ring (bicyclic) bond motifs is 1. The highest BCUT2D eigenvalue weighted by Crippen LogP contribution is 2.54. The molecule has 1 amide bonds. The quantitative estimate of drug-likeness (QED) is 0.603. The van der Waals surface area contributed by atoms with E-state index in [1.165, 1.54) is 0 Å². The Morgan fingerprint density at radius 3 is 2.70 bits per heavy atom.